The molecule has 1 amide bonds. The van der Waals surface area contributed by atoms with Gasteiger partial charge in [-0.25, -0.2) is 0 Å². The molecule has 3 N–H and O–H groups in total. The van der Waals surface area contributed by atoms with Gasteiger partial charge < -0.3 is 15.5 Å². The summed E-state index contributed by atoms with van der Waals surface area (Å²) >= 11 is 1.08. The highest BCUT2D eigenvalue weighted by Gasteiger charge is 2.37. The molecule has 0 bridgehead atoms. The molecule has 0 aromatic heterocycles. The number of hydrogen-bond donors (Lipinski definition) is 3. The zero-order valence-electron chi connectivity index (χ0n) is 12.4. The normalized spacial score (nSPS) is 23.9. The summed E-state index contributed by atoms with van der Waals surface area (Å²) in [7, 11) is 0. The van der Waals surface area contributed by atoms with Gasteiger partial charge in [-0.2, -0.15) is 0 Å². The number of carboxylic acids is 2. The van der Waals surface area contributed by atoms with Crippen LogP contribution in [0.15, 0.2) is 0 Å². The second-order valence-electron chi connectivity index (χ2n) is 6.04. The van der Waals surface area contributed by atoms with E-state index in [1.165, 1.54) is 12.8 Å². The van der Waals surface area contributed by atoms with Gasteiger partial charge in [-0.1, -0.05) is 0 Å². The summed E-state index contributed by atoms with van der Waals surface area (Å²) in [6.45, 7) is 0.905. The van der Waals surface area contributed by atoms with Gasteiger partial charge in [-0.05, 0) is 31.6 Å². The molecule has 2 aliphatic carbocycles. The first-order valence-electron chi connectivity index (χ1n) is 7.48. The molecule has 0 heterocycles. The maximum absolute atomic E-state index is 11.6. The smallest absolute Gasteiger partial charge is 0.317 e. The number of aliphatic carboxylic acids is 2. The van der Waals surface area contributed by atoms with Crippen LogP contribution in [0.3, 0.4) is 0 Å². The highest BCUT2D eigenvalue weighted by molar-refractivity contribution is 8.00. The molecular formula is C14H22N2O5S. The topological polar surface area (TPSA) is 107 Å². The van der Waals surface area contributed by atoms with Crippen LogP contribution in [-0.2, 0) is 14.4 Å². The molecule has 2 fully saturated rings. The Kier molecular flexibility index (Phi) is 6.07. The van der Waals surface area contributed by atoms with Crippen LogP contribution in [0, 0.1) is 5.92 Å². The number of carbonyl (C=O) groups is 3. The van der Waals surface area contributed by atoms with E-state index < -0.39 is 11.9 Å². The van der Waals surface area contributed by atoms with Crippen molar-refractivity contribution in [3.05, 3.63) is 0 Å². The quantitative estimate of drug-likeness (QED) is 0.527. The number of amides is 1. The third kappa shape index (κ3) is 5.84. The van der Waals surface area contributed by atoms with Gasteiger partial charge in [0, 0.05) is 18.6 Å². The van der Waals surface area contributed by atoms with E-state index in [9.17, 15) is 14.4 Å². The van der Waals surface area contributed by atoms with Crippen LogP contribution < -0.4 is 5.32 Å². The summed E-state index contributed by atoms with van der Waals surface area (Å²) < 4.78 is 0. The summed E-state index contributed by atoms with van der Waals surface area (Å²) in [5.74, 6) is -1.17. The van der Waals surface area contributed by atoms with E-state index in [1.807, 2.05) is 4.90 Å². The van der Waals surface area contributed by atoms with Gasteiger partial charge in [-0.15, -0.1) is 11.8 Å². The van der Waals surface area contributed by atoms with Crippen molar-refractivity contribution in [2.45, 2.75) is 37.8 Å². The van der Waals surface area contributed by atoms with Crippen LogP contribution in [-0.4, -0.2) is 69.6 Å². The number of nitrogens with one attached hydrogen (secondary N) is 1. The largest absolute Gasteiger partial charge is 0.481 e. The second kappa shape index (κ2) is 7.82. The van der Waals surface area contributed by atoms with E-state index in [1.54, 1.807) is 0 Å². The molecule has 2 aliphatic rings. The van der Waals surface area contributed by atoms with Crippen LogP contribution in [0.4, 0.5) is 0 Å². The lowest BCUT2D eigenvalue weighted by Gasteiger charge is -2.42. The molecule has 7 nitrogen and oxygen atoms in total. The van der Waals surface area contributed by atoms with E-state index in [0.29, 0.717) is 5.92 Å². The Bertz CT molecular complexity index is 435. The van der Waals surface area contributed by atoms with Crippen molar-refractivity contribution in [1.82, 2.24) is 10.2 Å². The van der Waals surface area contributed by atoms with Crippen LogP contribution >= 0.6 is 11.8 Å². The van der Waals surface area contributed by atoms with Gasteiger partial charge in [0.25, 0.3) is 0 Å². The van der Waals surface area contributed by atoms with Gasteiger partial charge in [0.1, 0.15) is 0 Å². The van der Waals surface area contributed by atoms with E-state index in [-0.39, 0.29) is 36.0 Å². The molecule has 0 atom stereocenters. The lowest BCUT2D eigenvalue weighted by Crippen LogP contribution is -2.55. The molecular weight excluding hydrogens is 308 g/mol. The Balaban J connectivity index is 1.65. The minimum Gasteiger partial charge on any atom is -0.481 e. The zero-order chi connectivity index (χ0) is 16.1. The van der Waals surface area contributed by atoms with Crippen LogP contribution in [0.2, 0.25) is 0 Å². The highest BCUT2D eigenvalue weighted by atomic mass is 32.2. The van der Waals surface area contributed by atoms with Gasteiger partial charge in [0.15, 0.2) is 0 Å². The van der Waals surface area contributed by atoms with E-state index in [4.69, 9.17) is 10.2 Å². The Labute approximate surface area is 133 Å². The van der Waals surface area contributed by atoms with E-state index >= 15 is 0 Å². The summed E-state index contributed by atoms with van der Waals surface area (Å²) in [6, 6.07) is 0.312. The maximum Gasteiger partial charge on any atom is 0.317 e. The molecule has 2 rings (SSSR count). The van der Waals surface area contributed by atoms with Crippen LogP contribution in [0.1, 0.15) is 25.7 Å². The number of nitrogens with zero attached hydrogens (tertiary/aromatic N) is 1. The van der Waals surface area contributed by atoms with Crippen molar-refractivity contribution in [3.8, 4) is 0 Å². The van der Waals surface area contributed by atoms with E-state index in [2.05, 4.69) is 5.32 Å². The predicted molar refractivity (Wildman–Crippen MR) is 81.8 cm³/mol. The van der Waals surface area contributed by atoms with E-state index in [0.717, 1.165) is 31.1 Å². The molecule has 0 saturated heterocycles. The number of carboxylic acid groups (broad SMARTS) is 2. The fourth-order valence-corrected chi connectivity index (χ4v) is 3.20. The average molecular weight is 330 g/mol. The van der Waals surface area contributed by atoms with Crippen molar-refractivity contribution in [3.63, 3.8) is 0 Å². The second-order valence-corrected chi connectivity index (χ2v) is 7.03. The standard InChI is InChI=1S/C14H22N2O5S/c17-12(7-22-8-14(20)21)15-10-3-11(4-10)16(6-13(18)19)5-9-1-2-9/h9-11H,1-8H2,(H,15,17)(H,18,19)(H,20,21). The van der Waals surface area contributed by atoms with Crippen molar-refractivity contribution < 1.29 is 24.6 Å². The molecule has 0 aromatic rings. The lowest BCUT2D eigenvalue weighted by atomic mass is 9.85. The van der Waals surface area contributed by atoms with Crippen molar-refractivity contribution in [2.24, 2.45) is 5.92 Å². The molecule has 2 saturated carbocycles. The molecule has 0 aromatic carbocycles. The number of hydrogen-bond acceptors (Lipinski definition) is 5. The summed E-state index contributed by atoms with van der Waals surface area (Å²) in [4.78, 5) is 34.9. The van der Waals surface area contributed by atoms with Crippen LogP contribution in [0.5, 0.6) is 0 Å². The minimum absolute atomic E-state index is 0.0658. The highest BCUT2D eigenvalue weighted by Crippen LogP contribution is 2.33. The van der Waals surface area contributed by atoms with Gasteiger partial charge in [0.05, 0.1) is 18.1 Å². The Hall–Kier alpha value is -1.28. The monoisotopic (exact) mass is 330 g/mol. The number of thioether (sulfide) groups is 1. The Morgan fingerprint density at radius 2 is 1.77 bits per heavy atom. The lowest BCUT2D eigenvalue weighted by molar-refractivity contribution is -0.140. The molecule has 0 radical (unpaired) electrons. The first-order chi connectivity index (χ1) is 10.4. The minimum atomic E-state index is -0.925. The summed E-state index contributed by atoms with van der Waals surface area (Å²) in [5.41, 5.74) is 0. The predicted octanol–water partition coefficient (Wildman–Crippen LogP) is 0.248. The number of rotatable bonds is 10. The number of carbonyl (C=O) groups excluding carboxylic acids is 1. The molecule has 8 heteroatoms. The van der Waals surface area contributed by atoms with Gasteiger partial charge in [-0.3, -0.25) is 19.3 Å². The molecule has 22 heavy (non-hydrogen) atoms. The maximum atomic E-state index is 11.6. The summed E-state index contributed by atoms with van der Waals surface area (Å²) in [6.07, 6.45) is 3.91. The summed E-state index contributed by atoms with van der Waals surface area (Å²) in [5, 5.41) is 20.4. The van der Waals surface area contributed by atoms with Crippen molar-refractivity contribution in [1.29, 1.82) is 0 Å². The van der Waals surface area contributed by atoms with Gasteiger partial charge >= 0.3 is 11.9 Å². The third-order valence-electron chi connectivity index (χ3n) is 3.98. The average Bonchev–Trinajstić information content (AvgIpc) is 3.15. The first kappa shape index (κ1) is 17.1. The first-order valence-corrected chi connectivity index (χ1v) is 8.64. The zero-order valence-corrected chi connectivity index (χ0v) is 13.2. The van der Waals surface area contributed by atoms with Crippen molar-refractivity contribution >= 4 is 29.6 Å². The molecule has 124 valence electrons. The Morgan fingerprint density at radius 1 is 1.09 bits per heavy atom. The molecule has 0 spiro atoms. The van der Waals surface area contributed by atoms with Crippen LogP contribution in [0.25, 0.3) is 0 Å². The Morgan fingerprint density at radius 3 is 2.32 bits per heavy atom. The molecule has 0 aliphatic heterocycles. The molecule has 0 unspecified atom stereocenters. The fraction of sp³-hybridized carbons (Fsp3) is 0.786. The SMILES string of the molecule is O=C(O)CSCC(=O)NC1CC(N(CC(=O)O)CC2CC2)C1. The van der Waals surface area contributed by atoms with Crippen molar-refractivity contribution in [2.75, 3.05) is 24.6 Å². The van der Waals surface area contributed by atoms with Gasteiger partial charge in [0.2, 0.25) is 5.91 Å². The third-order valence-corrected chi connectivity index (χ3v) is 4.90. The fourth-order valence-electron chi connectivity index (χ4n) is 2.65.